The summed E-state index contributed by atoms with van der Waals surface area (Å²) in [6.45, 7) is 7.16. The smallest absolute Gasteiger partial charge is 0.337 e. The highest BCUT2D eigenvalue weighted by Crippen LogP contribution is 2.30. The summed E-state index contributed by atoms with van der Waals surface area (Å²) in [6, 6.07) is 7.08. The molecule has 1 saturated carbocycles. The topological polar surface area (TPSA) is 79.5 Å². The van der Waals surface area contributed by atoms with Gasteiger partial charge in [-0.1, -0.05) is 31.4 Å². The molecule has 0 spiro atoms. The number of imidazole rings is 1. The third-order valence-electron chi connectivity index (χ3n) is 7.05. The molecule has 2 heterocycles. The molecular formula is C24H36N4O3. The van der Waals surface area contributed by atoms with Gasteiger partial charge >= 0.3 is 11.7 Å². The number of carbonyl (C=O) groups is 1. The lowest BCUT2D eigenvalue weighted by Crippen LogP contribution is -2.48. The minimum atomic E-state index is -0.509. The highest BCUT2D eigenvalue weighted by molar-refractivity contribution is 5.89. The maximum Gasteiger partial charge on any atom is 0.337 e. The van der Waals surface area contributed by atoms with Gasteiger partial charge in [-0.3, -0.25) is 4.57 Å². The van der Waals surface area contributed by atoms with E-state index in [4.69, 9.17) is 0 Å². The number of fused-ring (bicyclic) bond motifs is 1. The lowest BCUT2D eigenvalue weighted by atomic mass is 9.84. The Hall–Kier alpha value is -2.12. The minimum absolute atomic E-state index is 0.0187. The molecule has 1 aromatic carbocycles. The number of rotatable bonds is 5. The average molecular weight is 429 g/mol. The van der Waals surface area contributed by atoms with Crippen molar-refractivity contribution in [3.05, 3.63) is 34.7 Å². The van der Waals surface area contributed by atoms with E-state index >= 15 is 0 Å². The highest BCUT2D eigenvalue weighted by Gasteiger charge is 2.32. The summed E-state index contributed by atoms with van der Waals surface area (Å²) in [5, 5.41) is 13.8. The number of carbonyl (C=O) groups excluding carboxylic acids is 1. The summed E-state index contributed by atoms with van der Waals surface area (Å²) in [7, 11) is 0. The van der Waals surface area contributed by atoms with Gasteiger partial charge in [0.1, 0.15) is 0 Å². The van der Waals surface area contributed by atoms with Crippen LogP contribution >= 0.6 is 0 Å². The molecule has 2 fully saturated rings. The van der Waals surface area contributed by atoms with Gasteiger partial charge in [-0.05, 0) is 70.7 Å². The van der Waals surface area contributed by atoms with E-state index in [9.17, 15) is 14.7 Å². The molecule has 2 aliphatic rings. The SMILES string of the molecule is CC(C)n1c(=O)n(C(=O)NCC2CCN(CC3(O)CCCCC3)CC2)c2ccccc21. The molecule has 170 valence electrons. The first-order chi connectivity index (χ1) is 14.9. The van der Waals surface area contributed by atoms with Crippen LogP contribution in [0.3, 0.4) is 0 Å². The van der Waals surface area contributed by atoms with Crippen LogP contribution in [-0.4, -0.2) is 57.0 Å². The summed E-state index contributed by atoms with van der Waals surface area (Å²) in [5.74, 6) is 0.398. The molecule has 0 radical (unpaired) electrons. The van der Waals surface area contributed by atoms with Gasteiger partial charge in [0.25, 0.3) is 0 Å². The second-order valence-electron chi connectivity index (χ2n) is 9.76. The standard InChI is InChI=1S/C24H36N4O3/c1-18(2)27-20-8-4-5-9-21(20)28(23(27)30)22(29)25-16-19-10-14-26(15-11-19)17-24(31)12-6-3-7-13-24/h4-5,8-9,18-19,31H,3,6-7,10-17H2,1-2H3,(H,25,29). The highest BCUT2D eigenvalue weighted by atomic mass is 16.3. The van der Waals surface area contributed by atoms with Crippen LogP contribution in [0.15, 0.2) is 29.1 Å². The second-order valence-corrected chi connectivity index (χ2v) is 9.76. The third-order valence-corrected chi connectivity index (χ3v) is 7.05. The fraction of sp³-hybridized carbons (Fsp3) is 0.667. The van der Waals surface area contributed by atoms with Gasteiger partial charge in [0.15, 0.2) is 0 Å². The lowest BCUT2D eigenvalue weighted by molar-refractivity contribution is -0.0325. The zero-order valence-corrected chi connectivity index (χ0v) is 18.8. The number of piperidine rings is 1. The molecule has 7 nitrogen and oxygen atoms in total. The van der Waals surface area contributed by atoms with E-state index in [1.807, 2.05) is 38.1 Å². The molecule has 0 bridgehead atoms. The van der Waals surface area contributed by atoms with Crippen LogP contribution in [0, 0.1) is 5.92 Å². The Morgan fingerprint density at radius 1 is 1.13 bits per heavy atom. The largest absolute Gasteiger partial charge is 0.389 e. The summed E-state index contributed by atoms with van der Waals surface area (Å²) in [4.78, 5) is 28.2. The van der Waals surface area contributed by atoms with Crippen molar-refractivity contribution in [3.8, 4) is 0 Å². The molecule has 31 heavy (non-hydrogen) atoms. The van der Waals surface area contributed by atoms with E-state index < -0.39 is 5.60 Å². The van der Waals surface area contributed by atoms with E-state index in [0.717, 1.165) is 63.7 Å². The van der Waals surface area contributed by atoms with Crippen molar-refractivity contribution in [1.29, 1.82) is 0 Å². The maximum absolute atomic E-state index is 12.9. The molecule has 2 N–H and O–H groups in total. The van der Waals surface area contributed by atoms with Crippen molar-refractivity contribution in [3.63, 3.8) is 0 Å². The molecule has 1 saturated heterocycles. The van der Waals surface area contributed by atoms with Crippen molar-refractivity contribution in [2.75, 3.05) is 26.2 Å². The molecule has 2 aromatic rings. The molecule has 0 atom stereocenters. The molecule has 7 heteroatoms. The Morgan fingerprint density at radius 3 is 2.42 bits per heavy atom. The first kappa shape index (κ1) is 22.1. The number of amides is 1. The number of likely N-dealkylation sites (tertiary alicyclic amines) is 1. The molecular weight excluding hydrogens is 392 g/mol. The van der Waals surface area contributed by atoms with Crippen LogP contribution < -0.4 is 11.0 Å². The van der Waals surface area contributed by atoms with Gasteiger partial charge in [-0.25, -0.2) is 14.2 Å². The van der Waals surface area contributed by atoms with Gasteiger partial charge in [-0.15, -0.1) is 0 Å². The number of benzene rings is 1. The molecule has 1 amide bonds. The van der Waals surface area contributed by atoms with E-state index in [-0.39, 0.29) is 17.8 Å². The molecule has 1 aromatic heterocycles. The number of para-hydroxylation sites is 2. The van der Waals surface area contributed by atoms with Gasteiger partial charge in [0.05, 0.1) is 16.6 Å². The maximum atomic E-state index is 12.9. The van der Waals surface area contributed by atoms with E-state index in [1.54, 1.807) is 4.57 Å². The Kier molecular flexibility index (Phi) is 6.53. The minimum Gasteiger partial charge on any atom is -0.389 e. The molecule has 0 unspecified atom stereocenters. The Labute approximate surface area is 184 Å². The second kappa shape index (κ2) is 9.17. The van der Waals surface area contributed by atoms with E-state index in [2.05, 4.69) is 10.2 Å². The van der Waals surface area contributed by atoms with Crippen molar-refractivity contribution in [2.24, 2.45) is 5.92 Å². The predicted octanol–water partition coefficient (Wildman–Crippen LogP) is 3.35. The number of nitrogens with zero attached hydrogens (tertiary/aromatic N) is 3. The van der Waals surface area contributed by atoms with Crippen LogP contribution in [0.5, 0.6) is 0 Å². The fourth-order valence-electron chi connectivity index (χ4n) is 5.31. The fourth-order valence-corrected chi connectivity index (χ4v) is 5.31. The number of aromatic nitrogens is 2. The first-order valence-electron chi connectivity index (χ1n) is 11.8. The van der Waals surface area contributed by atoms with Crippen LogP contribution in [0.2, 0.25) is 0 Å². The van der Waals surface area contributed by atoms with Crippen LogP contribution in [0.4, 0.5) is 4.79 Å². The van der Waals surface area contributed by atoms with Gasteiger partial charge in [0, 0.05) is 19.1 Å². The zero-order chi connectivity index (χ0) is 22.0. The number of hydrogen-bond acceptors (Lipinski definition) is 4. The van der Waals surface area contributed by atoms with Crippen LogP contribution in [0.1, 0.15) is 64.8 Å². The third kappa shape index (κ3) is 4.72. The first-order valence-corrected chi connectivity index (χ1v) is 11.8. The zero-order valence-electron chi connectivity index (χ0n) is 18.8. The summed E-state index contributed by atoms with van der Waals surface area (Å²) in [5.41, 5.74) is 0.635. The molecule has 1 aliphatic heterocycles. The number of β-amino-alcohol motifs (C(OH)–C–C–N with tert-alkyl or cyclic N) is 1. The van der Waals surface area contributed by atoms with Crippen LogP contribution in [0.25, 0.3) is 11.0 Å². The van der Waals surface area contributed by atoms with Crippen molar-refractivity contribution >= 4 is 17.1 Å². The van der Waals surface area contributed by atoms with Crippen molar-refractivity contribution in [2.45, 2.75) is 70.4 Å². The van der Waals surface area contributed by atoms with Crippen molar-refractivity contribution in [1.82, 2.24) is 19.4 Å². The Morgan fingerprint density at radius 2 is 1.77 bits per heavy atom. The summed E-state index contributed by atoms with van der Waals surface area (Å²) in [6.07, 6.45) is 7.33. The van der Waals surface area contributed by atoms with Gasteiger partial charge < -0.3 is 15.3 Å². The number of nitrogens with one attached hydrogen (secondary N) is 1. The number of aliphatic hydroxyl groups is 1. The quantitative estimate of drug-likeness (QED) is 0.765. The predicted molar refractivity (Wildman–Crippen MR) is 123 cm³/mol. The van der Waals surface area contributed by atoms with E-state index in [0.29, 0.717) is 18.0 Å². The normalized spacial score (nSPS) is 20.4. The average Bonchev–Trinajstić information content (AvgIpc) is 3.05. The number of hydrogen-bond donors (Lipinski definition) is 2. The summed E-state index contributed by atoms with van der Waals surface area (Å²) < 4.78 is 2.94. The lowest BCUT2D eigenvalue weighted by Gasteiger charge is -2.40. The summed E-state index contributed by atoms with van der Waals surface area (Å²) >= 11 is 0. The Balaban J connectivity index is 1.34. The Bertz CT molecular complexity index is 963. The molecule has 1 aliphatic carbocycles. The van der Waals surface area contributed by atoms with Gasteiger partial charge in [0.2, 0.25) is 0 Å². The van der Waals surface area contributed by atoms with E-state index in [1.165, 1.54) is 11.0 Å². The van der Waals surface area contributed by atoms with Crippen LogP contribution in [-0.2, 0) is 0 Å². The molecule has 4 rings (SSSR count). The van der Waals surface area contributed by atoms with Gasteiger partial charge in [-0.2, -0.15) is 0 Å². The van der Waals surface area contributed by atoms with Crippen molar-refractivity contribution < 1.29 is 9.90 Å². The monoisotopic (exact) mass is 428 g/mol.